The van der Waals surface area contributed by atoms with E-state index >= 15 is 0 Å². The number of amides is 1. The predicted molar refractivity (Wildman–Crippen MR) is 79.6 cm³/mol. The maximum Gasteiger partial charge on any atom is 0.273 e. The summed E-state index contributed by atoms with van der Waals surface area (Å²) in [5.41, 5.74) is 1.33. The lowest BCUT2D eigenvalue weighted by Gasteiger charge is -2.18. The first kappa shape index (κ1) is 15.1. The maximum atomic E-state index is 12.5. The molecular weight excluding hydrogens is 346 g/mol. The van der Waals surface area contributed by atoms with Crippen LogP contribution in [0.4, 0.5) is 0 Å². The zero-order chi connectivity index (χ0) is 14.9. The van der Waals surface area contributed by atoms with E-state index in [4.69, 9.17) is 11.6 Å². The first-order valence-electron chi connectivity index (χ1n) is 6.08. The molecule has 0 saturated carbocycles. The van der Waals surface area contributed by atoms with Gasteiger partial charge in [0, 0.05) is 20.6 Å². The zero-order valence-corrected chi connectivity index (χ0v) is 13.8. The molecular formula is C12H15BrClN5O. The molecule has 1 amide bonds. The van der Waals surface area contributed by atoms with Crippen LogP contribution >= 0.6 is 27.5 Å². The van der Waals surface area contributed by atoms with Crippen molar-refractivity contribution in [1.82, 2.24) is 24.5 Å². The summed E-state index contributed by atoms with van der Waals surface area (Å²) in [4.78, 5) is 14.1. The Morgan fingerprint density at radius 1 is 1.45 bits per heavy atom. The van der Waals surface area contributed by atoms with Crippen LogP contribution in [0.5, 0.6) is 0 Å². The molecule has 20 heavy (non-hydrogen) atoms. The van der Waals surface area contributed by atoms with Gasteiger partial charge in [0.15, 0.2) is 0 Å². The van der Waals surface area contributed by atoms with E-state index in [2.05, 4.69) is 26.1 Å². The lowest BCUT2D eigenvalue weighted by atomic mass is 10.3. The largest absolute Gasteiger partial charge is 0.334 e. The van der Waals surface area contributed by atoms with Crippen molar-refractivity contribution in [3.63, 3.8) is 0 Å². The molecule has 0 bridgehead atoms. The van der Waals surface area contributed by atoms with Crippen LogP contribution in [-0.2, 0) is 20.1 Å². The monoisotopic (exact) mass is 359 g/mol. The lowest BCUT2D eigenvalue weighted by molar-refractivity contribution is 0.0768. The van der Waals surface area contributed by atoms with Crippen molar-refractivity contribution in [3.05, 3.63) is 33.3 Å². The van der Waals surface area contributed by atoms with Gasteiger partial charge >= 0.3 is 0 Å². The number of rotatable bonds is 4. The Morgan fingerprint density at radius 3 is 2.70 bits per heavy atom. The van der Waals surface area contributed by atoms with Crippen LogP contribution in [0.1, 0.15) is 23.1 Å². The quantitative estimate of drug-likeness (QED) is 0.841. The summed E-state index contributed by atoms with van der Waals surface area (Å²) >= 11 is 9.42. The SMILES string of the molecule is CCn1ncc(Br)c1C(=O)N(C)Cc1c(Cl)cnn1C. The van der Waals surface area contributed by atoms with Crippen LogP contribution in [-0.4, -0.2) is 37.4 Å². The highest BCUT2D eigenvalue weighted by Gasteiger charge is 2.21. The van der Waals surface area contributed by atoms with Crippen molar-refractivity contribution >= 4 is 33.4 Å². The second kappa shape index (κ2) is 5.97. The van der Waals surface area contributed by atoms with Gasteiger partial charge in [-0.1, -0.05) is 11.6 Å². The second-order valence-electron chi connectivity index (χ2n) is 4.38. The average molecular weight is 361 g/mol. The molecule has 8 heteroatoms. The highest BCUT2D eigenvalue weighted by molar-refractivity contribution is 9.10. The van der Waals surface area contributed by atoms with E-state index in [1.807, 2.05) is 6.92 Å². The summed E-state index contributed by atoms with van der Waals surface area (Å²) in [6.45, 7) is 2.96. The Labute approximate surface area is 130 Å². The Hall–Kier alpha value is -1.34. The number of carbonyl (C=O) groups excluding carboxylic acids is 1. The fourth-order valence-corrected chi connectivity index (χ4v) is 2.60. The van der Waals surface area contributed by atoms with E-state index in [9.17, 15) is 4.79 Å². The number of hydrogen-bond donors (Lipinski definition) is 0. The van der Waals surface area contributed by atoms with Gasteiger partial charge in [-0.05, 0) is 22.9 Å². The van der Waals surface area contributed by atoms with Crippen molar-refractivity contribution in [2.75, 3.05) is 7.05 Å². The van der Waals surface area contributed by atoms with Crippen molar-refractivity contribution in [2.45, 2.75) is 20.0 Å². The van der Waals surface area contributed by atoms with Gasteiger partial charge in [0.2, 0.25) is 0 Å². The molecule has 0 aliphatic carbocycles. The highest BCUT2D eigenvalue weighted by Crippen LogP contribution is 2.20. The van der Waals surface area contributed by atoms with E-state index in [0.29, 0.717) is 28.3 Å². The van der Waals surface area contributed by atoms with Crippen LogP contribution in [0.2, 0.25) is 5.02 Å². The van der Waals surface area contributed by atoms with Gasteiger partial charge in [0.25, 0.3) is 5.91 Å². The first-order chi connectivity index (χ1) is 9.45. The Balaban J connectivity index is 2.23. The van der Waals surface area contributed by atoms with Crippen LogP contribution in [0.3, 0.4) is 0 Å². The summed E-state index contributed by atoms with van der Waals surface area (Å²) < 4.78 is 4.01. The fourth-order valence-electron chi connectivity index (χ4n) is 1.91. The molecule has 6 nitrogen and oxygen atoms in total. The molecule has 0 aliphatic heterocycles. The molecule has 0 atom stereocenters. The van der Waals surface area contributed by atoms with Gasteiger partial charge in [-0.3, -0.25) is 14.2 Å². The average Bonchev–Trinajstić information content (AvgIpc) is 2.94. The number of halogens is 2. The van der Waals surface area contributed by atoms with Gasteiger partial charge in [0.1, 0.15) is 5.69 Å². The molecule has 0 aromatic carbocycles. The molecule has 2 rings (SSSR count). The molecule has 0 saturated heterocycles. The van der Waals surface area contributed by atoms with E-state index in [-0.39, 0.29) is 5.91 Å². The lowest BCUT2D eigenvalue weighted by Crippen LogP contribution is -2.29. The Morgan fingerprint density at radius 2 is 2.15 bits per heavy atom. The molecule has 108 valence electrons. The molecule has 0 unspecified atom stereocenters. The van der Waals surface area contributed by atoms with Gasteiger partial charge in [0.05, 0.1) is 34.1 Å². The van der Waals surface area contributed by atoms with Crippen molar-refractivity contribution in [3.8, 4) is 0 Å². The number of carbonyl (C=O) groups is 1. The summed E-state index contributed by atoms with van der Waals surface area (Å²) in [6.07, 6.45) is 3.20. The van der Waals surface area contributed by atoms with E-state index in [1.165, 1.54) is 0 Å². The number of hydrogen-bond acceptors (Lipinski definition) is 3. The molecule has 0 spiro atoms. The fraction of sp³-hybridized carbons (Fsp3) is 0.417. The summed E-state index contributed by atoms with van der Waals surface area (Å²) in [5.74, 6) is -0.117. The van der Waals surface area contributed by atoms with E-state index in [1.54, 1.807) is 40.8 Å². The number of aryl methyl sites for hydroxylation is 2. The van der Waals surface area contributed by atoms with E-state index < -0.39 is 0 Å². The topological polar surface area (TPSA) is 56.0 Å². The van der Waals surface area contributed by atoms with Crippen LogP contribution in [0.25, 0.3) is 0 Å². The van der Waals surface area contributed by atoms with Gasteiger partial charge in [-0.15, -0.1) is 0 Å². The van der Waals surface area contributed by atoms with Gasteiger partial charge in [-0.2, -0.15) is 10.2 Å². The second-order valence-corrected chi connectivity index (χ2v) is 5.64. The molecule has 0 N–H and O–H groups in total. The van der Waals surface area contributed by atoms with Crippen LogP contribution < -0.4 is 0 Å². The Bertz CT molecular complexity index is 616. The van der Waals surface area contributed by atoms with Crippen molar-refractivity contribution in [2.24, 2.45) is 7.05 Å². The summed E-state index contributed by atoms with van der Waals surface area (Å²) in [7, 11) is 3.52. The molecule has 0 aliphatic rings. The third-order valence-electron chi connectivity index (χ3n) is 3.04. The third-order valence-corrected chi connectivity index (χ3v) is 3.94. The zero-order valence-electron chi connectivity index (χ0n) is 11.5. The summed E-state index contributed by atoms with van der Waals surface area (Å²) in [6, 6.07) is 0. The minimum atomic E-state index is -0.117. The number of aromatic nitrogens is 4. The smallest absolute Gasteiger partial charge is 0.273 e. The van der Waals surface area contributed by atoms with Gasteiger partial charge in [-0.25, -0.2) is 0 Å². The molecule has 0 fully saturated rings. The van der Waals surface area contributed by atoms with Crippen LogP contribution in [0.15, 0.2) is 16.9 Å². The normalized spacial score (nSPS) is 10.8. The first-order valence-corrected chi connectivity index (χ1v) is 7.26. The molecule has 2 aromatic rings. The molecule has 2 heterocycles. The van der Waals surface area contributed by atoms with Crippen molar-refractivity contribution in [1.29, 1.82) is 0 Å². The Kier molecular flexibility index (Phi) is 4.49. The minimum Gasteiger partial charge on any atom is -0.334 e. The molecule has 2 aromatic heterocycles. The van der Waals surface area contributed by atoms with E-state index in [0.717, 1.165) is 5.69 Å². The third kappa shape index (κ3) is 2.73. The predicted octanol–water partition coefficient (Wildman–Crippen LogP) is 2.32. The summed E-state index contributed by atoms with van der Waals surface area (Å²) in [5, 5.41) is 8.76. The minimum absolute atomic E-state index is 0.117. The maximum absolute atomic E-state index is 12.5. The highest BCUT2D eigenvalue weighted by atomic mass is 79.9. The van der Waals surface area contributed by atoms with Crippen molar-refractivity contribution < 1.29 is 4.79 Å². The number of nitrogens with zero attached hydrogens (tertiary/aromatic N) is 5. The van der Waals surface area contributed by atoms with Gasteiger partial charge < -0.3 is 4.90 Å². The van der Waals surface area contributed by atoms with Crippen LogP contribution in [0, 0.1) is 0 Å². The standard InChI is InChI=1S/C12H15BrClN5O/c1-4-19-11(8(13)5-16-19)12(20)17(2)7-10-9(14)6-15-18(10)3/h5-6H,4,7H2,1-3H3. The molecule has 0 radical (unpaired) electrons.